The molecule has 0 aliphatic heterocycles. The van der Waals surface area contributed by atoms with Crippen molar-refractivity contribution in [2.75, 3.05) is 0 Å². The molecule has 0 spiro atoms. The van der Waals surface area contributed by atoms with Crippen LogP contribution in [-0.4, -0.2) is 13.0 Å². The molecule has 3 aromatic rings. The molecule has 0 atom stereocenters. The molecule has 0 aliphatic carbocycles. The SMILES string of the molecule is O=[SH](=O)Cc1ccc(-c2ccc(Cl)n2-c2ccc(F)cc2)cc1. The van der Waals surface area contributed by atoms with Crippen molar-refractivity contribution in [2.45, 2.75) is 5.75 Å². The summed E-state index contributed by atoms with van der Waals surface area (Å²) in [7, 11) is -2.44. The van der Waals surface area contributed by atoms with Gasteiger partial charge in [-0.05, 0) is 47.5 Å². The van der Waals surface area contributed by atoms with Gasteiger partial charge in [0.05, 0.1) is 11.4 Å². The van der Waals surface area contributed by atoms with Gasteiger partial charge in [0.1, 0.15) is 21.7 Å². The van der Waals surface area contributed by atoms with Crippen LogP contribution in [-0.2, 0) is 16.5 Å². The Labute approximate surface area is 139 Å². The number of halogens is 2. The van der Waals surface area contributed by atoms with Crippen LogP contribution in [0.25, 0.3) is 16.9 Å². The summed E-state index contributed by atoms with van der Waals surface area (Å²) in [5.41, 5.74) is 3.23. The number of hydrogen-bond acceptors (Lipinski definition) is 2. The lowest BCUT2D eigenvalue weighted by molar-refractivity contribution is 0.614. The lowest BCUT2D eigenvalue weighted by atomic mass is 10.1. The fourth-order valence-electron chi connectivity index (χ4n) is 2.42. The van der Waals surface area contributed by atoms with Crippen molar-refractivity contribution in [2.24, 2.45) is 0 Å². The van der Waals surface area contributed by atoms with Crippen LogP contribution in [0.3, 0.4) is 0 Å². The molecule has 0 bridgehead atoms. The normalized spacial score (nSPS) is 11.1. The molecule has 0 saturated carbocycles. The van der Waals surface area contributed by atoms with Crippen molar-refractivity contribution in [3.63, 3.8) is 0 Å². The Morgan fingerprint density at radius 3 is 2.17 bits per heavy atom. The smallest absolute Gasteiger partial charge is 0.144 e. The molecule has 1 heterocycles. The van der Waals surface area contributed by atoms with Gasteiger partial charge in [-0.1, -0.05) is 35.9 Å². The highest BCUT2D eigenvalue weighted by atomic mass is 35.5. The van der Waals surface area contributed by atoms with Gasteiger partial charge in [-0.15, -0.1) is 0 Å². The van der Waals surface area contributed by atoms with Gasteiger partial charge < -0.3 is 4.57 Å². The van der Waals surface area contributed by atoms with E-state index in [0.29, 0.717) is 5.15 Å². The van der Waals surface area contributed by atoms with Gasteiger partial charge >= 0.3 is 0 Å². The highest BCUT2D eigenvalue weighted by Crippen LogP contribution is 2.29. The van der Waals surface area contributed by atoms with E-state index in [1.54, 1.807) is 30.3 Å². The Morgan fingerprint density at radius 1 is 0.913 bits per heavy atom. The number of nitrogens with zero attached hydrogens (tertiary/aromatic N) is 1. The second-order valence-corrected chi connectivity index (χ2v) is 6.41. The van der Waals surface area contributed by atoms with Gasteiger partial charge in [-0.3, -0.25) is 0 Å². The Kier molecular flexibility index (Phi) is 4.50. The monoisotopic (exact) mass is 349 g/mol. The van der Waals surface area contributed by atoms with Crippen LogP contribution >= 0.6 is 11.6 Å². The van der Waals surface area contributed by atoms with E-state index in [1.165, 1.54) is 12.1 Å². The largest absolute Gasteiger partial charge is 0.300 e. The van der Waals surface area contributed by atoms with Crippen LogP contribution in [0.2, 0.25) is 5.15 Å². The second kappa shape index (κ2) is 6.56. The quantitative estimate of drug-likeness (QED) is 0.722. The molecule has 1 aromatic heterocycles. The van der Waals surface area contributed by atoms with Gasteiger partial charge in [-0.2, -0.15) is 0 Å². The van der Waals surface area contributed by atoms with Crippen molar-refractivity contribution in [1.82, 2.24) is 4.57 Å². The lowest BCUT2D eigenvalue weighted by Crippen LogP contribution is -1.97. The first kappa shape index (κ1) is 15.8. The van der Waals surface area contributed by atoms with Crippen LogP contribution in [0.15, 0.2) is 60.7 Å². The van der Waals surface area contributed by atoms with Crippen molar-refractivity contribution in [3.8, 4) is 16.9 Å². The Hall–Kier alpha value is -2.11. The zero-order valence-corrected chi connectivity index (χ0v) is 13.6. The molecule has 0 amide bonds. The number of aromatic nitrogens is 1. The molecule has 3 nitrogen and oxygen atoms in total. The molecule has 0 unspecified atom stereocenters. The predicted molar refractivity (Wildman–Crippen MR) is 90.2 cm³/mol. The molecule has 0 aliphatic rings. The predicted octanol–water partition coefficient (Wildman–Crippen LogP) is 4.05. The maximum absolute atomic E-state index is 13.1. The molecule has 0 N–H and O–H groups in total. The molecule has 23 heavy (non-hydrogen) atoms. The molecule has 0 fully saturated rings. The third-order valence-corrected chi connectivity index (χ3v) is 4.40. The number of benzene rings is 2. The van der Waals surface area contributed by atoms with E-state index in [0.717, 1.165) is 22.5 Å². The van der Waals surface area contributed by atoms with Crippen molar-refractivity contribution in [3.05, 3.63) is 77.2 Å². The number of thiol groups is 1. The summed E-state index contributed by atoms with van der Waals surface area (Å²) < 4.78 is 36.5. The molecular weight excluding hydrogens is 337 g/mol. The van der Waals surface area contributed by atoms with E-state index in [2.05, 4.69) is 0 Å². The van der Waals surface area contributed by atoms with Crippen molar-refractivity contribution >= 4 is 22.3 Å². The van der Waals surface area contributed by atoms with E-state index in [4.69, 9.17) is 11.6 Å². The maximum atomic E-state index is 13.1. The molecule has 6 heteroatoms. The summed E-state index contributed by atoms with van der Waals surface area (Å²) in [5.74, 6) is -0.287. The van der Waals surface area contributed by atoms with Crippen LogP contribution < -0.4 is 0 Å². The third-order valence-electron chi connectivity index (χ3n) is 3.48. The standard InChI is InChI=1S/C17H13ClFNO2S/c18-17-10-9-16(20(17)15-7-5-14(19)6-8-15)13-3-1-12(2-4-13)11-23(21)22/h1-10,23H,11H2. The zero-order valence-electron chi connectivity index (χ0n) is 11.9. The first-order valence-electron chi connectivity index (χ1n) is 6.89. The summed E-state index contributed by atoms with van der Waals surface area (Å²) in [6, 6.07) is 16.9. The zero-order chi connectivity index (χ0) is 16.4. The van der Waals surface area contributed by atoms with Gasteiger partial charge in [-0.25, -0.2) is 12.8 Å². The lowest BCUT2D eigenvalue weighted by Gasteiger charge is -2.11. The fourth-order valence-corrected chi connectivity index (χ4v) is 3.18. The van der Waals surface area contributed by atoms with Crippen LogP contribution in [0.5, 0.6) is 0 Å². The maximum Gasteiger partial charge on any atom is 0.144 e. The molecule has 0 radical (unpaired) electrons. The first-order valence-corrected chi connectivity index (χ1v) is 8.63. The average Bonchev–Trinajstić information content (AvgIpc) is 2.90. The summed E-state index contributed by atoms with van der Waals surface area (Å²) in [4.78, 5) is 0. The van der Waals surface area contributed by atoms with Gasteiger partial charge in [0.15, 0.2) is 0 Å². The summed E-state index contributed by atoms with van der Waals surface area (Å²) in [5, 5.41) is 0.512. The van der Waals surface area contributed by atoms with E-state index < -0.39 is 10.7 Å². The van der Waals surface area contributed by atoms with Crippen LogP contribution in [0, 0.1) is 5.82 Å². The molecule has 2 aromatic carbocycles. The highest BCUT2D eigenvalue weighted by molar-refractivity contribution is 7.71. The molecule has 3 rings (SSSR count). The minimum atomic E-state index is -2.44. The number of rotatable bonds is 4. The van der Waals surface area contributed by atoms with Crippen LogP contribution in [0.4, 0.5) is 4.39 Å². The third kappa shape index (κ3) is 3.46. The summed E-state index contributed by atoms with van der Waals surface area (Å²) in [6.07, 6.45) is 0. The van der Waals surface area contributed by atoms with E-state index >= 15 is 0 Å². The Morgan fingerprint density at radius 2 is 1.57 bits per heavy atom. The molecular formula is C17H13ClFNO2S. The summed E-state index contributed by atoms with van der Waals surface area (Å²) in [6.45, 7) is 0. The van der Waals surface area contributed by atoms with Gasteiger partial charge in [0, 0.05) is 5.69 Å². The Bertz CT molecular complexity index is 891. The fraction of sp³-hybridized carbons (Fsp3) is 0.0588. The molecule has 0 saturated heterocycles. The minimum Gasteiger partial charge on any atom is -0.300 e. The van der Waals surface area contributed by atoms with E-state index in [1.807, 2.05) is 22.8 Å². The van der Waals surface area contributed by atoms with Gasteiger partial charge in [0.2, 0.25) is 0 Å². The first-order chi connectivity index (χ1) is 11.0. The van der Waals surface area contributed by atoms with Crippen LogP contribution in [0.1, 0.15) is 5.56 Å². The van der Waals surface area contributed by atoms with Crippen molar-refractivity contribution in [1.29, 1.82) is 0 Å². The van der Waals surface area contributed by atoms with E-state index in [9.17, 15) is 12.8 Å². The van der Waals surface area contributed by atoms with E-state index in [-0.39, 0.29) is 11.6 Å². The Balaban J connectivity index is 2.02. The summed E-state index contributed by atoms with van der Waals surface area (Å²) >= 11 is 6.26. The highest BCUT2D eigenvalue weighted by Gasteiger charge is 2.11. The average molecular weight is 350 g/mol. The molecule has 118 valence electrons. The van der Waals surface area contributed by atoms with Crippen molar-refractivity contribution < 1.29 is 12.8 Å². The minimum absolute atomic E-state index is 0.0232. The van der Waals surface area contributed by atoms with Gasteiger partial charge in [0.25, 0.3) is 0 Å². The topological polar surface area (TPSA) is 39.1 Å². The number of hydrogen-bond donors (Lipinski definition) is 1. The second-order valence-electron chi connectivity index (χ2n) is 5.04.